The average molecular weight is 765 g/mol. The van der Waals surface area contributed by atoms with Gasteiger partial charge in [0, 0.05) is 11.5 Å². The summed E-state index contributed by atoms with van der Waals surface area (Å²) >= 11 is 14.3. The number of para-hydroxylation sites is 1. The Morgan fingerprint density at radius 1 is 0.827 bits per heavy atom. The lowest BCUT2D eigenvalue weighted by Gasteiger charge is -2.50. The highest BCUT2D eigenvalue weighted by Gasteiger charge is 2.77. The van der Waals surface area contributed by atoms with Gasteiger partial charge in [0.1, 0.15) is 18.0 Å². The molecule has 7 rings (SSSR count). The number of benzene rings is 3. The van der Waals surface area contributed by atoms with Gasteiger partial charge < -0.3 is 19.9 Å². The van der Waals surface area contributed by atoms with Crippen LogP contribution in [0.4, 0.5) is 33.3 Å². The van der Waals surface area contributed by atoms with Crippen LogP contribution in [-0.2, 0) is 19.2 Å². The predicted molar refractivity (Wildman–Crippen MR) is 174 cm³/mol. The molecule has 4 aliphatic rings. The Morgan fingerprint density at radius 2 is 1.48 bits per heavy atom. The summed E-state index contributed by atoms with van der Waals surface area (Å²) in [7, 11) is -1.94. The molecule has 2 saturated heterocycles. The Balaban J connectivity index is 1.43. The largest absolute Gasteiger partial charge is 0.491 e. The van der Waals surface area contributed by atoms with Crippen LogP contribution in [0.25, 0.3) is 0 Å². The molecule has 0 radical (unpaired) electrons. The number of fused-ring (bicyclic) bond motifs is 4. The highest BCUT2D eigenvalue weighted by atomic mass is 35.5. The molecule has 0 bridgehead atoms. The Labute approximate surface area is 301 Å². The third-order valence-electron chi connectivity index (χ3n) is 10.2. The second-order valence-corrected chi connectivity index (χ2v) is 14.0. The van der Waals surface area contributed by atoms with E-state index in [9.17, 15) is 47.5 Å². The summed E-state index contributed by atoms with van der Waals surface area (Å²) in [4.78, 5) is 52.1. The van der Waals surface area contributed by atoms with Gasteiger partial charge in [-0.2, -0.15) is 0 Å². The lowest BCUT2D eigenvalue weighted by molar-refractivity contribution is -0.125. The van der Waals surface area contributed by atoms with E-state index in [0.29, 0.717) is 0 Å². The fraction of sp³-hybridized carbons (Fsp3) is 0.294. The summed E-state index contributed by atoms with van der Waals surface area (Å²) in [6.45, 7) is -0.739. The number of alkyl halides is 2. The minimum absolute atomic E-state index is 0.00328. The number of carbonyl (C=O) groups excluding carboxylic acids is 4. The third-order valence-corrected chi connectivity index (χ3v) is 11.6. The molecule has 3 N–H and O–H groups in total. The maximum absolute atomic E-state index is 15.3. The SMILES string of the molecule is O=C1C2CC=C3C(CC4(Cl)C(=O)N(c5c(F)c(F)c(F)c(F)c5F)C(=O)C4(Cl)C3c3ccccc3OCCO)C2C(=O)N1c1cccc(B(O)O)c1. The van der Waals surface area contributed by atoms with Crippen molar-refractivity contribution in [1.29, 1.82) is 0 Å². The first-order chi connectivity index (χ1) is 24.6. The fourth-order valence-electron chi connectivity index (χ4n) is 8.00. The smallest absolute Gasteiger partial charge is 0.488 e. The average Bonchev–Trinajstić information content (AvgIpc) is 3.47. The van der Waals surface area contributed by atoms with E-state index in [1.165, 1.54) is 54.6 Å². The number of nitrogens with zero attached hydrogens (tertiary/aromatic N) is 2. The number of hydrogen-bond donors (Lipinski definition) is 3. The monoisotopic (exact) mass is 764 g/mol. The molecule has 6 atom stereocenters. The number of aliphatic hydroxyl groups excluding tert-OH is 1. The highest BCUT2D eigenvalue weighted by Crippen LogP contribution is 2.66. The molecule has 10 nitrogen and oxygen atoms in total. The Hall–Kier alpha value is -4.35. The molecular formula is C34H24BCl2F5N2O8. The molecule has 0 aromatic heterocycles. The number of anilines is 2. The Morgan fingerprint density at radius 3 is 2.13 bits per heavy atom. The van der Waals surface area contributed by atoms with Gasteiger partial charge in [-0.3, -0.25) is 24.1 Å². The van der Waals surface area contributed by atoms with Crippen molar-refractivity contribution in [3.63, 3.8) is 0 Å². The van der Waals surface area contributed by atoms with Gasteiger partial charge in [0.05, 0.1) is 24.1 Å². The number of amides is 4. The summed E-state index contributed by atoms with van der Waals surface area (Å²) in [5.41, 5.74) is -1.66. The molecule has 6 unspecified atom stereocenters. The molecule has 3 fully saturated rings. The van der Waals surface area contributed by atoms with Crippen molar-refractivity contribution in [3.8, 4) is 5.75 Å². The van der Waals surface area contributed by atoms with Gasteiger partial charge in [0.25, 0.3) is 11.8 Å². The molecule has 4 amide bonds. The van der Waals surface area contributed by atoms with E-state index in [0.717, 1.165) is 4.90 Å². The zero-order chi connectivity index (χ0) is 37.6. The maximum Gasteiger partial charge on any atom is 0.488 e. The van der Waals surface area contributed by atoms with Gasteiger partial charge in [0.2, 0.25) is 17.6 Å². The van der Waals surface area contributed by atoms with Crippen LogP contribution < -0.4 is 20.0 Å². The van der Waals surface area contributed by atoms with E-state index >= 15 is 8.78 Å². The Kier molecular flexibility index (Phi) is 8.77. The van der Waals surface area contributed by atoms with Crippen LogP contribution in [0.1, 0.15) is 24.3 Å². The van der Waals surface area contributed by atoms with Gasteiger partial charge >= 0.3 is 7.12 Å². The molecule has 52 heavy (non-hydrogen) atoms. The topological polar surface area (TPSA) is 145 Å². The molecule has 1 saturated carbocycles. The Bertz CT molecular complexity index is 2100. The molecule has 3 aromatic carbocycles. The summed E-state index contributed by atoms with van der Waals surface area (Å²) in [6.07, 6.45) is 0.711. The first kappa shape index (κ1) is 36.0. The van der Waals surface area contributed by atoms with E-state index in [1.54, 1.807) is 0 Å². The van der Waals surface area contributed by atoms with Crippen molar-refractivity contribution in [2.45, 2.75) is 28.5 Å². The van der Waals surface area contributed by atoms with Crippen molar-refractivity contribution < 1.29 is 61.0 Å². The van der Waals surface area contributed by atoms with Crippen LogP contribution >= 0.6 is 23.2 Å². The van der Waals surface area contributed by atoms with Gasteiger partial charge in [-0.05, 0) is 42.4 Å². The number of allylic oxidation sites excluding steroid dienone is 2. The fourth-order valence-corrected chi connectivity index (χ4v) is 8.92. The number of ether oxygens (including phenoxy) is 1. The van der Waals surface area contributed by atoms with E-state index < -0.39 is 112 Å². The summed E-state index contributed by atoms with van der Waals surface area (Å²) in [5.74, 6) is -22.2. The van der Waals surface area contributed by atoms with Crippen LogP contribution in [0.5, 0.6) is 5.75 Å². The minimum Gasteiger partial charge on any atom is -0.491 e. The first-order valence-corrected chi connectivity index (χ1v) is 16.5. The molecule has 2 aliphatic carbocycles. The van der Waals surface area contributed by atoms with Crippen molar-refractivity contribution in [2.75, 3.05) is 23.0 Å². The zero-order valence-corrected chi connectivity index (χ0v) is 27.8. The van der Waals surface area contributed by atoms with Gasteiger partial charge in [0.15, 0.2) is 33.0 Å². The maximum atomic E-state index is 15.3. The van der Waals surface area contributed by atoms with Crippen molar-refractivity contribution >= 4 is 70.8 Å². The van der Waals surface area contributed by atoms with Gasteiger partial charge in [-0.1, -0.05) is 42.0 Å². The van der Waals surface area contributed by atoms with Crippen LogP contribution in [0.2, 0.25) is 0 Å². The quantitative estimate of drug-likeness (QED) is 0.0634. The third kappa shape index (κ3) is 4.80. The normalized spacial score (nSPS) is 28.2. The first-order valence-electron chi connectivity index (χ1n) is 15.8. The molecule has 270 valence electrons. The van der Waals surface area contributed by atoms with E-state index in [4.69, 9.17) is 27.9 Å². The summed E-state index contributed by atoms with van der Waals surface area (Å²) < 4.78 is 79.3. The van der Waals surface area contributed by atoms with Gasteiger partial charge in [-0.25, -0.2) is 26.9 Å². The van der Waals surface area contributed by atoms with E-state index in [2.05, 4.69) is 0 Å². The second-order valence-electron chi connectivity index (χ2n) is 12.8. The molecule has 3 aromatic rings. The summed E-state index contributed by atoms with van der Waals surface area (Å²) in [5, 5.41) is 28.9. The zero-order valence-electron chi connectivity index (χ0n) is 26.3. The number of aliphatic hydroxyl groups is 1. The predicted octanol–water partition coefficient (Wildman–Crippen LogP) is 3.20. The van der Waals surface area contributed by atoms with E-state index in [1.807, 2.05) is 0 Å². The van der Waals surface area contributed by atoms with Gasteiger partial charge in [-0.15, -0.1) is 23.2 Å². The molecule has 2 heterocycles. The van der Waals surface area contributed by atoms with Crippen molar-refractivity contribution in [2.24, 2.45) is 17.8 Å². The standard InChI is InChI=1S/C34H24BCl2F5N2O8/c36-33-13-19-16(8-9-18-21(19)30(47)43(29(18)46)15-5-3-4-14(12-15)35(50)51)22(17-6-1-2-7-20(17)52-11-10-45)34(33,37)32(49)44(31(33)48)28-26(41)24(39)23(38)25(40)27(28)42/h1-8,12,18-19,21-22,45,50-51H,9-11,13H2. The number of carbonyl (C=O) groups is 4. The number of hydrogen-bond acceptors (Lipinski definition) is 8. The lowest BCUT2D eigenvalue weighted by Crippen LogP contribution is -2.60. The second kappa shape index (κ2) is 12.7. The number of halogens is 7. The van der Waals surface area contributed by atoms with E-state index in [-0.39, 0.29) is 46.0 Å². The molecule has 18 heteroatoms. The van der Waals surface area contributed by atoms with Crippen molar-refractivity contribution in [3.05, 3.63) is 94.8 Å². The van der Waals surface area contributed by atoms with Crippen LogP contribution in [0.15, 0.2) is 60.2 Å². The molecule has 0 spiro atoms. The summed E-state index contributed by atoms with van der Waals surface area (Å²) in [6, 6.07) is 11.2. The number of rotatable bonds is 7. The minimum atomic E-state index is -2.75. The molecule has 2 aliphatic heterocycles. The number of imide groups is 2. The molecular weight excluding hydrogens is 741 g/mol. The van der Waals surface area contributed by atoms with Crippen LogP contribution in [-0.4, -0.2) is 68.9 Å². The highest BCUT2D eigenvalue weighted by molar-refractivity contribution is 6.59. The lowest BCUT2D eigenvalue weighted by atomic mass is 9.56. The van der Waals surface area contributed by atoms with Crippen LogP contribution in [0.3, 0.4) is 0 Å². The van der Waals surface area contributed by atoms with Crippen molar-refractivity contribution in [1.82, 2.24) is 0 Å². The van der Waals surface area contributed by atoms with Crippen LogP contribution in [0, 0.1) is 46.8 Å².